The highest BCUT2D eigenvalue weighted by atomic mass is 19.3. The third-order valence-corrected chi connectivity index (χ3v) is 3.82. The van der Waals surface area contributed by atoms with Gasteiger partial charge in [0.1, 0.15) is 5.82 Å². The van der Waals surface area contributed by atoms with Crippen molar-refractivity contribution in [2.75, 3.05) is 0 Å². The van der Waals surface area contributed by atoms with Gasteiger partial charge in [-0.1, -0.05) is 25.1 Å². The molecule has 7 heteroatoms. The molecule has 2 heterocycles. The number of nitrogens with zero attached hydrogens (tertiary/aromatic N) is 3. The van der Waals surface area contributed by atoms with Crippen LogP contribution >= 0.6 is 0 Å². The van der Waals surface area contributed by atoms with Gasteiger partial charge in [0.15, 0.2) is 12.0 Å². The second kappa shape index (κ2) is 5.37. The van der Waals surface area contributed by atoms with Gasteiger partial charge in [0, 0.05) is 18.4 Å². The summed E-state index contributed by atoms with van der Waals surface area (Å²) in [7, 11) is 0. The van der Waals surface area contributed by atoms with E-state index in [-0.39, 0.29) is 24.2 Å². The number of benzene rings is 1. The Kier molecular flexibility index (Phi) is 3.66. The molecule has 22 heavy (non-hydrogen) atoms. The van der Waals surface area contributed by atoms with E-state index >= 15 is 0 Å². The van der Waals surface area contributed by atoms with Crippen LogP contribution in [-0.4, -0.2) is 14.8 Å². The third kappa shape index (κ3) is 2.38. The quantitative estimate of drug-likeness (QED) is 0.787. The minimum atomic E-state index is -3.20. The lowest BCUT2D eigenvalue weighted by Crippen LogP contribution is -2.17. The van der Waals surface area contributed by atoms with Crippen LogP contribution in [0.5, 0.6) is 0 Å². The van der Waals surface area contributed by atoms with Gasteiger partial charge in [-0.3, -0.25) is 0 Å². The second-order valence-electron chi connectivity index (χ2n) is 5.43. The smallest absolute Gasteiger partial charge is 0.239 e. The van der Waals surface area contributed by atoms with E-state index in [1.54, 1.807) is 13.0 Å². The highest BCUT2D eigenvalue weighted by Crippen LogP contribution is 2.42. The van der Waals surface area contributed by atoms with E-state index < -0.39 is 36.2 Å². The molecule has 118 valence electrons. The fraction of sp³-hybridized carbons (Fsp3) is 0.467. The summed E-state index contributed by atoms with van der Waals surface area (Å²) in [6.45, 7) is 1.62. The van der Waals surface area contributed by atoms with Crippen molar-refractivity contribution in [2.24, 2.45) is 0 Å². The van der Waals surface area contributed by atoms with Crippen LogP contribution in [0.25, 0.3) is 0 Å². The lowest BCUT2D eigenvalue weighted by Gasteiger charge is -2.14. The summed E-state index contributed by atoms with van der Waals surface area (Å²) in [6.07, 6.45) is -1.72. The zero-order valence-electron chi connectivity index (χ0n) is 11.9. The summed E-state index contributed by atoms with van der Waals surface area (Å²) in [4.78, 5) is 3.67. The summed E-state index contributed by atoms with van der Waals surface area (Å²) in [5, 5.41) is 3.78. The Morgan fingerprint density at radius 1 is 1.32 bits per heavy atom. The zero-order valence-corrected chi connectivity index (χ0v) is 11.9. The molecule has 0 radical (unpaired) electrons. The number of halogens is 4. The molecule has 1 aliphatic heterocycles. The van der Waals surface area contributed by atoms with E-state index in [0.29, 0.717) is 0 Å². The van der Waals surface area contributed by atoms with Crippen LogP contribution in [0.15, 0.2) is 24.3 Å². The van der Waals surface area contributed by atoms with Gasteiger partial charge >= 0.3 is 5.92 Å². The normalized spacial score (nSPS) is 21.1. The Morgan fingerprint density at radius 2 is 2.05 bits per heavy atom. The molecular formula is C15H15F4N3. The fourth-order valence-corrected chi connectivity index (χ4v) is 2.76. The van der Waals surface area contributed by atoms with Crippen molar-refractivity contribution in [2.45, 2.75) is 44.3 Å². The molecule has 0 fully saturated rings. The predicted molar refractivity (Wildman–Crippen MR) is 71.8 cm³/mol. The first kappa shape index (κ1) is 15.0. The van der Waals surface area contributed by atoms with Gasteiger partial charge in [-0.05, 0) is 12.5 Å². The standard InChI is InChI=1S/C15H15F4N3/c1-2-7-15(18,19)14-20-13-11(17)8-12(22(13)21-14)9-5-3-4-6-10(9)16/h3-6,11-12H,2,7-8H2,1H3. The number of aromatic nitrogens is 3. The van der Waals surface area contributed by atoms with Gasteiger partial charge < -0.3 is 0 Å². The Bertz CT molecular complexity index is 683. The van der Waals surface area contributed by atoms with Crippen LogP contribution < -0.4 is 0 Å². The van der Waals surface area contributed by atoms with Gasteiger partial charge in [-0.15, -0.1) is 5.10 Å². The summed E-state index contributed by atoms with van der Waals surface area (Å²) < 4.78 is 56.9. The first-order valence-electron chi connectivity index (χ1n) is 7.17. The van der Waals surface area contributed by atoms with Crippen molar-refractivity contribution >= 4 is 0 Å². The SMILES string of the molecule is CCCC(F)(F)c1nc2n(n1)C(c1ccccc1F)CC2F. The Labute approximate surface area is 125 Å². The maximum absolute atomic E-state index is 14.1. The average molecular weight is 313 g/mol. The summed E-state index contributed by atoms with van der Waals surface area (Å²) in [5.41, 5.74) is 0.235. The first-order chi connectivity index (χ1) is 10.4. The molecule has 0 saturated carbocycles. The summed E-state index contributed by atoms with van der Waals surface area (Å²) in [5.74, 6) is -4.55. The van der Waals surface area contributed by atoms with Crippen LogP contribution in [0.2, 0.25) is 0 Å². The van der Waals surface area contributed by atoms with Crippen LogP contribution in [0, 0.1) is 5.82 Å². The average Bonchev–Trinajstić information content (AvgIpc) is 3.01. The van der Waals surface area contributed by atoms with Crippen LogP contribution in [-0.2, 0) is 5.92 Å². The van der Waals surface area contributed by atoms with E-state index in [4.69, 9.17) is 0 Å². The van der Waals surface area contributed by atoms with E-state index in [9.17, 15) is 17.6 Å². The van der Waals surface area contributed by atoms with Crippen LogP contribution in [0.1, 0.15) is 55.6 Å². The van der Waals surface area contributed by atoms with Crippen molar-refractivity contribution in [1.82, 2.24) is 14.8 Å². The van der Waals surface area contributed by atoms with Crippen molar-refractivity contribution in [3.63, 3.8) is 0 Å². The van der Waals surface area contributed by atoms with E-state index in [1.165, 1.54) is 18.2 Å². The number of alkyl halides is 3. The molecule has 0 N–H and O–H groups in total. The molecule has 2 aromatic rings. The molecule has 1 aliphatic rings. The number of rotatable bonds is 4. The van der Waals surface area contributed by atoms with Crippen molar-refractivity contribution < 1.29 is 17.6 Å². The van der Waals surface area contributed by atoms with E-state index in [1.807, 2.05) is 0 Å². The molecule has 3 nitrogen and oxygen atoms in total. The zero-order chi connectivity index (χ0) is 15.9. The highest BCUT2D eigenvalue weighted by molar-refractivity contribution is 5.25. The largest absolute Gasteiger partial charge is 0.308 e. The maximum atomic E-state index is 14.1. The topological polar surface area (TPSA) is 30.7 Å². The van der Waals surface area contributed by atoms with Gasteiger partial charge in [-0.2, -0.15) is 8.78 Å². The number of hydrogen-bond donors (Lipinski definition) is 0. The number of hydrogen-bond acceptors (Lipinski definition) is 2. The van der Waals surface area contributed by atoms with Gasteiger partial charge in [0.2, 0.25) is 5.82 Å². The molecule has 2 unspecified atom stereocenters. The molecule has 1 aromatic heterocycles. The Hall–Kier alpha value is -1.92. The molecule has 3 rings (SSSR count). The molecule has 0 aliphatic carbocycles. The molecular weight excluding hydrogens is 298 g/mol. The minimum Gasteiger partial charge on any atom is -0.239 e. The van der Waals surface area contributed by atoms with Crippen molar-refractivity contribution in [3.05, 3.63) is 47.3 Å². The van der Waals surface area contributed by atoms with Gasteiger partial charge in [0.05, 0.1) is 6.04 Å². The second-order valence-corrected chi connectivity index (χ2v) is 5.43. The molecule has 1 aromatic carbocycles. The lowest BCUT2D eigenvalue weighted by molar-refractivity contribution is -0.0235. The molecule has 0 spiro atoms. The monoisotopic (exact) mass is 313 g/mol. The highest BCUT2D eigenvalue weighted by Gasteiger charge is 2.42. The van der Waals surface area contributed by atoms with Crippen LogP contribution in [0.4, 0.5) is 17.6 Å². The number of fused-ring (bicyclic) bond motifs is 1. The minimum absolute atomic E-state index is 0.0457. The Balaban J connectivity index is 2.02. The molecule has 0 bridgehead atoms. The third-order valence-electron chi connectivity index (χ3n) is 3.82. The fourth-order valence-electron chi connectivity index (χ4n) is 2.76. The summed E-state index contributed by atoms with van der Waals surface area (Å²) in [6, 6.07) is 5.15. The van der Waals surface area contributed by atoms with Crippen molar-refractivity contribution in [3.8, 4) is 0 Å². The molecule has 2 atom stereocenters. The molecule has 0 saturated heterocycles. The van der Waals surface area contributed by atoms with E-state index in [0.717, 1.165) is 4.68 Å². The predicted octanol–water partition coefficient (Wildman–Crippen LogP) is 4.31. The summed E-state index contributed by atoms with van der Waals surface area (Å²) >= 11 is 0. The molecule has 0 amide bonds. The van der Waals surface area contributed by atoms with Crippen LogP contribution in [0.3, 0.4) is 0 Å². The van der Waals surface area contributed by atoms with E-state index in [2.05, 4.69) is 10.1 Å². The first-order valence-corrected chi connectivity index (χ1v) is 7.17. The lowest BCUT2D eigenvalue weighted by atomic mass is 10.0. The maximum Gasteiger partial charge on any atom is 0.308 e. The van der Waals surface area contributed by atoms with Gasteiger partial charge in [-0.25, -0.2) is 18.4 Å². The van der Waals surface area contributed by atoms with Crippen molar-refractivity contribution in [1.29, 1.82) is 0 Å². The van der Waals surface area contributed by atoms with Gasteiger partial charge in [0.25, 0.3) is 0 Å². The Morgan fingerprint density at radius 3 is 2.73 bits per heavy atom.